The van der Waals surface area contributed by atoms with Gasteiger partial charge in [0.2, 0.25) is 0 Å². The van der Waals surface area contributed by atoms with Crippen molar-refractivity contribution in [2.24, 2.45) is 0 Å². The molecule has 29 heavy (non-hydrogen) atoms. The highest BCUT2D eigenvalue weighted by Gasteiger charge is 2.34. The molecular formula is C22H20BrF3N2O. The standard InChI is InChI=1S/C22H20BrF3N2O/c1-14-13-18(21(29)27-12-11-16-7-9-17(23)10-8-16)15(2)28(14)20-6-4-3-5-19(20)22(24,25)26/h3-10,13H,11-12H2,1-2H3,(H,27,29). The Bertz CT molecular complexity index is 1020. The molecule has 1 aromatic heterocycles. The van der Waals surface area contributed by atoms with Crippen LogP contribution >= 0.6 is 15.9 Å². The second kappa shape index (κ2) is 8.45. The predicted octanol–water partition coefficient (Wildman–Crippen LogP) is 5.85. The summed E-state index contributed by atoms with van der Waals surface area (Å²) >= 11 is 3.38. The SMILES string of the molecule is Cc1cc(C(=O)NCCc2ccc(Br)cc2)c(C)n1-c1ccccc1C(F)(F)F. The summed E-state index contributed by atoms with van der Waals surface area (Å²) in [7, 11) is 0. The molecule has 3 nitrogen and oxygen atoms in total. The van der Waals surface area contributed by atoms with Crippen LogP contribution in [0.4, 0.5) is 13.2 Å². The lowest BCUT2D eigenvalue weighted by Gasteiger charge is -2.16. The number of amides is 1. The molecule has 0 saturated heterocycles. The van der Waals surface area contributed by atoms with Gasteiger partial charge in [0.05, 0.1) is 16.8 Å². The number of hydrogen-bond donors (Lipinski definition) is 1. The van der Waals surface area contributed by atoms with Crippen LogP contribution < -0.4 is 5.32 Å². The largest absolute Gasteiger partial charge is 0.418 e. The molecule has 1 amide bonds. The van der Waals surface area contributed by atoms with Crippen molar-refractivity contribution in [3.8, 4) is 5.69 Å². The number of carbonyl (C=O) groups is 1. The average molecular weight is 465 g/mol. The van der Waals surface area contributed by atoms with E-state index in [1.807, 2.05) is 24.3 Å². The van der Waals surface area contributed by atoms with Gasteiger partial charge in [-0.2, -0.15) is 13.2 Å². The molecule has 1 N–H and O–H groups in total. The molecule has 3 rings (SSSR count). The molecule has 2 aromatic carbocycles. The summed E-state index contributed by atoms with van der Waals surface area (Å²) in [5.41, 5.74) is 1.78. The summed E-state index contributed by atoms with van der Waals surface area (Å²) in [5.74, 6) is -0.300. The number of rotatable bonds is 5. The molecule has 0 spiro atoms. The van der Waals surface area contributed by atoms with Crippen LogP contribution in [0, 0.1) is 13.8 Å². The number of carbonyl (C=O) groups excluding carboxylic acids is 1. The lowest BCUT2D eigenvalue weighted by molar-refractivity contribution is -0.137. The van der Waals surface area contributed by atoms with Crippen molar-refractivity contribution >= 4 is 21.8 Å². The van der Waals surface area contributed by atoms with Crippen LogP contribution in [0.15, 0.2) is 59.1 Å². The fourth-order valence-electron chi connectivity index (χ4n) is 3.34. The van der Waals surface area contributed by atoms with Gasteiger partial charge < -0.3 is 9.88 Å². The smallest absolute Gasteiger partial charge is 0.352 e. The second-order valence-electron chi connectivity index (χ2n) is 6.77. The van der Waals surface area contributed by atoms with Crippen LogP contribution in [0.2, 0.25) is 0 Å². The number of alkyl halides is 3. The Labute approximate surface area is 175 Å². The van der Waals surface area contributed by atoms with E-state index in [4.69, 9.17) is 0 Å². The molecule has 7 heteroatoms. The van der Waals surface area contributed by atoms with Gasteiger partial charge >= 0.3 is 6.18 Å². The molecule has 0 aliphatic rings. The highest BCUT2D eigenvalue weighted by molar-refractivity contribution is 9.10. The van der Waals surface area contributed by atoms with E-state index in [0.717, 1.165) is 16.1 Å². The van der Waals surface area contributed by atoms with Crippen molar-refractivity contribution in [3.05, 3.63) is 87.1 Å². The van der Waals surface area contributed by atoms with Crippen molar-refractivity contribution in [1.29, 1.82) is 0 Å². The summed E-state index contributed by atoms with van der Waals surface area (Å²) < 4.78 is 42.7. The van der Waals surface area contributed by atoms with Gasteiger partial charge in [0, 0.05) is 22.4 Å². The first-order chi connectivity index (χ1) is 13.7. The minimum atomic E-state index is -4.48. The molecule has 0 aliphatic carbocycles. The van der Waals surface area contributed by atoms with Crippen LogP contribution in [0.5, 0.6) is 0 Å². The molecule has 3 aromatic rings. The molecule has 0 atom stereocenters. The number of para-hydroxylation sites is 1. The molecule has 0 saturated carbocycles. The van der Waals surface area contributed by atoms with Crippen LogP contribution in [-0.2, 0) is 12.6 Å². The van der Waals surface area contributed by atoms with Gasteiger partial charge in [0.25, 0.3) is 5.91 Å². The van der Waals surface area contributed by atoms with Crippen molar-refractivity contribution in [2.45, 2.75) is 26.4 Å². The molecule has 0 fully saturated rings. The van der Waals surface area contributed by atoms with Crippen LogP contribution in [0.1, 0.15) is 32.9 Å². The molecule has 0 bridgehead atoms. The number of halogens is 4. The average Bonchev–Trinajstić information content (AvgIpc) is 2.97. The summed E-state index contributed by atoms with van der Waals surface area (Å²) in [4.78, 5) is 12.6. The lowest BCUT2D eigenvalue weighted by atomic mass is 10.1. The Morgan fingerprint density at radius 1 is 1.07 bits per heavy atom. The zero-order chi connectivity index (χ0) is 21.2. The maximum atomic E-state index is 13.4. The maximum absolute atomic E-state index is 13.4. The van der Waals surface area contributed by atoms with Gasteiger partial charge in [-0.3, -0.25) is 4.79 Å². The normalized spacial score (nSPS) is 11.5. The van der Waals surface area contributed by atoms with E-state index in [1.165, 1.54) is 16.7 Å². The molecule has 152 valence electrons. The summed E-state index contributed by atoms with van der Waals surface area (Å²) in [6, 6.07) is 14.8. The van der Waals surface area contributed by atoms with E-state index in [0.29, 0.717) is 29.9 Å². The lowest BCUT2D eigenvalue weighted by Crippen LogP contribution is -2.26. The number of hydrogen-bond acceptors (Lipinski definition) is 1. The van der Waals surface area contributed by atoms with Crippen molar-refractivity contribution < 1.29 is 18.0 Å². The van der Waals surface area contributed by atoms with Gasteiger partial charge in [-0.1, -0.05) is 40.2 Å². The maximum Gasteiger partial charge on any atom is 0.418 e. The third-order valence-corrected chi connectivity index (χ3v) is 5.27. The number of nitrogens with one attached hydrogen (secondary N) is 1. The second-order valence-corrected chi connectivity index (χ2v) is 7.68. The van der Waals surface area contributed by atoms with Gasteiger partial charge in [0.1, 0.15) is 0 Å². The number of nitrogens with zero attached hydrogens (tertiary/aromatic N) is 1. The molecule has 0 radical (unpaired) electrons. The first kappa shape index (κ1) is 21.2. The van der Waals surface area contributed by atoms with Crippen molar-refractivity contribution in [2.75, 3.05) is 6.54 Å². The van der Waals surface area contributed by atoms with E-state index in [9.17, 15) is 18.0 Å². The predicted molar refractivity (Wildman–Crippen MR) is 110 cm³/mol. The van der Waals surface area contributed by atoms with Gasteiger partial charge in [0.15, 0.2) is 0 Å². The summed E-state index contributed by atoms with van der Waals surface area (Å²) in [6.45, 7) is 3.78. The minimum Gasteiger partial charge on any atom is -0.352 e. The van der Waals surface area contributed by atoms with Gasteiger partial charge in [-0.25, -0.2) is 0 Å². The summed E-state index contributed by atoms with van der Waals surface area (Å²) in [5, 5.41) is 2.85. The quantitative estimate of drug-likeness (QED) is 0.504. The zero-order valence-corrected chi connectivity index (χ0v) is 17.6. The highest BCUT2D eigenvalue weighted by atomic mass is 79.9. The molecular weight excluding hydrogens is 445 g/mol. The fourth-order valence-corrected chi connectivity index (χ4v) is 3.60. The number of aryl methyl sites for hydroxylation is 1. The Morgan fingerprint density at radius 2 is 1.72 bits per heavy atom. The Hall–Kier alpha value is -2.54. The van der Waals surface area contributed by atoms with Crippen molar-refractivity contribution in [3.63, 3.8) is 0 Å². The molecule has 0 aliphatic heterocycles. The van der Waals surface area contributed by atoms with E-state index < -0.39 is 11.7 Å². The number of benzene rings is 2. The van der Waals surface area contributed by atoms with Gasteiger partial charge in [-0.15, -0.1) is 0 Å². The molecule has 0 unspecified atom stereocenters. The van der Waals surface area contributed by atoms with Crippen LogP contribution in [0.25, 0.3) is 5.69 Å². The first-order valence-corrected chi connectivity index (χ1v) is 9.86. The van der Waals surface area contributed by atoms with Crippen LogP contribution in [0.3, 0.4) is 0 Å². The minimum absolute atomic E-state index is 0.0175. The first-order valence-electron chi connectivity index (χ1n) is 9.06. The topological polar surface area (TPSA) is 34.0 Å². The van der Waals surface area contributed by atoms with Crippen LogP contribution in [-0.4, -0.2) is 17.0 Å². The fraction of sp³-hybridized carbons (Fsp3) is 0.227. The van der Waals surface area contributed by atoms with E-state index in [2.05, 4.69) is 21.2 Å². The number of aromatic nitrogens is 1. The highest BCUT2D eigenvalue weighted by Crippen LogP contribution is 2.35. The van der Waals surface area contributed by atoms with Gasteiger partial charge in [-0.05, 0) is 56.2 Å². The third-order valence-electron chi connectivity index (χ3n) is 4.74. The Morgan fingerprint density at radius 3 is 2.38 bits per heavy atom. The molecule has 1 heterocycles. The van der Waals surface area contributed by atoms with E-state index in [-0.39, 0.29) is 11.6 Å². The Kier molecular flexibility index (Phi) is 6.17. The third kappa shape index (κ3) is 4.72. The monoisotopic (exact) mass is 464 g/mol. The summed E-state index contributed by atoms with van der Waals surface area (Å²) in [6.07, 6.45) is -3.82. The zero-order valence-electron chi connectivity index (χ0n) is 16.0. The van der Waals surface area contributed by atoms with E-state index in [1.54, 1.807) is 26.0 Å². The Balaban J connectivity index is 1.81. The van der Waals surface area contributed by atoms with E-state index >= 15 is 0 Å². The van der Waals surface area contributed by atoms with Crippen molar-refractivity contribution in [1.82, 2.24) is 9.88 Å².